The third-order valence-corrected chi connectivity index (χ3v) is 2.72. The lowest BCUT2D eigenvalue weighted by Crippen LogP contribution is -2.15. The number of halogens is 1. The van der Waals surface area contributed by atoms with E-state index in [1.807, 2.05) is 6.07 Å². The van der Waals surface area contributed by atoms with Crippen LogP contribution in [0.1, 0.15) is 19.0 Å². The lowest BCUT2D eigenvalue weighted by atomic mass is 10.3. The molecule has 4 nitrogen and oxygen atoms in total. The van der Waals surface area contributed by atoms with Gasteiger partial charge in [0.25, 0.3) is 0 Å². The minimum absolute atomic E-state index is 0.566. The number of hydrogen-bond acceptors (Lipinski definition) is 4. The van der Waals surface area contributed by atoms with E-state index in [1.165, 1.54) is 0 Å². The Morgan fingerprint density at radius 1 is 1.22 bits per heavy atom. The van der Waals surface area contributed by atoms with Gasteiger partial charge < -0.3 is 5.32 Å². The number of rotatable bonds is 5. The van der Waals surface area contributed by atoms with E-state index in [1.54, 1.807) is 24.5 Å². The highest BCUT2D eigenvalue weighted by atomic mass is 35.5. The predicted octanol–water partition coefficient (Wildman–Crippen LogP) is 2.69. The SMILES string of the molecule is CCCNCc1ccnc(-c2ncccc2Cl)n1. The molecule has 2 aromatic heterocycles. The predicted molar refractivity (Wildman–Crippen MR) is 72.3 cm³/mol. The number of pyridine rings is 1. The number of nitrogens with zero attached hydrogens (tertiary/aromatic N) is 3. The summed E-state index contributed by atoms with van der Waals surface area (Å²) in [6, 6.07) is 5.47. The molecule has 0 radical (unpaired) electrons. The monoisotopic (exact) mass is 262 g/mol. The van der Waals surface area contributed by atoms with E-state index in [-0.39, 0.29) is 0 Å². The Hall–Kier alpha value is -1.52. The van der Waals surface area contributed by atoms with E-state index < -0.39 is 0 Å². The first-order valence-corrected chi connectivity index (χ1v) is 6.32. The lowest BCUT2D eigenvalue weighted by Gasteiger charge is -2.05. The molecule has 0 amide bonds. The second-order valence-electron chi connectivity index (χ2n) is 3.88. The van der Waals surface area contributed by atoms with Gasteiger partial charge in [-0.2, -0.15) is 0 Å². The summed E-state index contributed by atoms with van der Waals surface area (Å²) in [5, 5.41) is 3.87. The van der Waals surface area contributed by atoms with E-state index in [0.29, 0.717) is 16.5 Å². The first-order valence-electron chi connectivity index (χ1n) is 5.94. The fourth-order valence-electron chi connectivity index (χ4n) is 1.55. The molecule has 0 bridgehead atoms. The molecule has 1 N–H and O–H groups in total. The van der Waals surface area contributed by atoms with Crippen molar-refractivity contribution in [1.82, 2.24) is 20.3 Å². The Labute approximate surface area is 111 Å². The van der Waals surface area contributed by atoms with Crippen LogP contribution in [0, 0.1) is 0 Å². The Kier molecular flexibility index (Phi) is 4.61. The number of nitrogens with one attached hydrogen (secondary N) is 1. The van der Waals surface area contributed by atoms with Crippen LogP contribution in [-0.4, -0.2) is 21.5 Å². The second kappa shape index (κ2) is 6.42. The molecule has 2 heterocycles. The summed E-state index contributed by atoms with van der Waals surface area (Å²) < 4.78 is 0. The third-order valence-electron chi connectivity index (χ3n) is 2.42. The third kappa shape index (κ3) is 3.24. The molecule has 2 aromatic rings. The molecule has 0 atom stereocenters. The smallest absolute Gasteiger partial charge is 0.179 e. The average molecular weight is 263 g/mol. The standard InChI is InChI=1S/C13H15ClN4/c1-2-6-15-9-10-5-8-17-13(18-10)12-11(14)4-3-7-16-12/h3-5,7-8,15H,2,6,9H2,1H3. The van der Waals surface area contributed by atoms with Gasteiger partial charge in [0.2, 0.25) is 0 Å². The van der Waals surface area contributed by atoms with Crippen LogP contribution in [0.25, 0.3) is 11.5 Å². The van der Waals surface area contributed by atoms with Gasteiger partial charge in [0.05, 0.1) is 10.7 Å². The van der Waals surface area contributed by atoms with Crippen molar-refractivity contribution in [3.8, 4) is 11.5 Å². The fraction of sp³-hybridized carbons (Fsp3) is 0.308. The zero-order valence-corrected chi connectivity index (χ0v) is 11.0. The van der Waals surface area contributed by atoms with Gasteiger partial charge in [-0.3, -0.25) is 4.98 Å². The summed E-state index contributed by atoms with van der Waals surface area (Å²) in [5.41, 5.74) is 1.56. The van der Waals surface area contributed by atoms with Crippen molar-refractivity contribution in [3.05, 3.63) is 41.3 Å². The molecule has 5 heteroatoms. The summed E-state index contributed by atoms with van der Waals surface area (Å²) in [5.74, 6) is 0.566. The normalized spacial score (nSPS) is 10.6. The van der Waals surface area contributed by atoms with E-state index >= 15 is 0 Å². The molecule has 18 heavy (non-hydrogen) atoms. The Morgan fingerprint density at radius 3 is 2.89 bits per heavy atom. The van der Waals surface area contributed by atoms with Gasteiger partial charge in [0.1, 0.15) is 5.69 Å². The van der Waals surface area contributed by atoms with Crippen LogP contribution in [0.5, 0.6) is 0 Å². The van der Waals surface area contributed by atoms with Gasteiger partial charge in [-0.1, -0.05) is 18.5 Å². The summed E-state index contributed by atoms with van der Waals surface area (Å²) in [6.07, 6.45) is 4.52. The van der Waals surface area contributed by atoms with Crippen LogP contribution in [0.2, 0.25) is 5.02 Å². The van der Waals surface area contributed by atoms with E-state index in [4.69, 9.17) is 11.6 Å². The van der Waals surface area contributed by atoms with Crippen molar-refractivity contribution >= 4 is 11.6 Å². The molecule has 0 aromatic carbocycles. The summed E-state index contributed by atoms with van der Waals surface area (Å²) in [6.45, 7) is 3.84. The largest absolute Gasteiger partial charge is 0.311 e. The Bertz CT molecular complexity index is 516. The number of aromatic nitrogens is 3. The van der Waals surface area contributed by atoms with Gasteiger partial charge >= 0.3 is 0 Å². The molecule has 0 saturated carbocycles. The molecule has 0 saturated heterocycles. The molecule has 0 fully saturated rings. The van der Waals surface area contributed by atoms with Crippen molar-refractivity contribution in [3.63, 3.8) is 0 Å². The van der Waals surface area contributed by atoms with Crippen LogP contribution >= 0.6 is 11.6 Å². The molecular formula is C13H15ClN4. The second-order valence-corrected chi connectivity index (χ2v) is 4.29. The highest BCUT2D eigenvalue weighted by molar-refractivity contribution is 6.32. The first-order chi connectivity index (χ1) is 8.81. The lowest BCUT2D eigenvalue weighted by molar-refractivity contribution is 0.663. The average Bonchev–Trinajstić information content (AvgIpc) is 2.40. The molecule has 0 aliphatic carbocycles. The van der Waals surface area contributed by atoms with E-state index in [9.17, 15) is 0 Å². The minimum atomic E-state index is 0.566. The fourth-order valence-corrected chi connectivity index (χ4v) is 1.76. The van der Waals surface area contributed by atoms with Crippen molar-refractivity contribution in [2.24, 2.45) is 0 Å². The summed E-state index contributed by atoms with van der Waals surface area (Å²) >= 11 is 6.08. The molecule has 2 rings (SSSR count). The van der Waals surface area contributed by atoms with Crippen LogP contribution in [0.3, 0.4) is 0 Å². The molecule has 0 unspecified atom stereocenters. The molecule has 0 spiro atoms. The number of hydrogen-bond donors (Lipinski definition) is 1. The van der Waals surface area contributed by atoms with Crippen LogP contribution in [0.4, 0.5) is 0 Å². The zero-order valence-electron chi connectivity index (χ0n) is 10.2. The molecule has 0 aliphatic heterocycles. The van der Waals surface area contributed by atoms with Gasteiger partial charge in [-0.25, -0.2) is 9.97 Å². The zero-order chi connectivity index (χ0) is 12.8. The van der Waals surface area contributed by atoms with Crippen molar-refractivity contribution in [2.45, 2.75) is 19.9 Å². The Morgan fingerprint density at radius 2 is 2.11 bits per heavy atom. The molecule has 94 valence electrons. The minimum Gasteiger partial charge on any atom is -0.311 e. The first kappa shape index (κ1) is 12.9. The van der Waals surface area contributed by atoms with Gasteiger partial charge in [0.15, 0.2) is 5.82 Å². The molecule has 0 aliphatic rings. The van der Waals surface area contributed by atoms with E-state index in [2.05, 4.69) is 27.2 Å². The van der Waals surface area contributed by atoms with Crippen LogP contribution < -0.4 is 5.32 Å². The van der Waals surface area contributed by atoms with Crippen molar-refractivity contribution in [1.29, 1.82) is 0 Å². The highest BCUT2D eigenvalue weighted by Crippen LogP contribution is 2.21. The maximum absolute atomic E-state index is 6.08. The van der Waals surface area contributed by atoms with Crippen molar-refractivity contribution in [2.75, 3.05) is 6.54 Å². The maximum atomic E-state index is 6.08. The van der Waals surface area contributed by atoms with Crippen LogP contribution in [-0.2, 0) is 6.54 Å². The highest BCUT2D eigenvalue weighted by Gasteiger charge is 2.07. The maximum Gasteiger partial charge on any atom is 0.179 e. The topological polar surface area (TPSA) is 50.7 Å². The van der Waals surface area contributed by atoms with Crippen molar-refractivity contribution < 1.29 is 0 Å². The van der Waals surface area contributed by atoms with E-state index in [0.717, 1.165) is 25.2 Å². The molecular weight excluding hydrogens is 248 g/mol. The Balaban J connectivity index is 2.19. The van der Waals surface area contributed by atoms with Crippen LogP contribution in [0.15, 0.2) is 30.6 Å². The summed E-state index contributed by atoms with van der Waals surface area (Å²) in [4.78, 5) is 12.9. The quantitative estimate of drug-likeness (QED) is 0.842. The van der Waals surface area contributed by atoms with Gasteiger partial charge in [0, 0.05) is 18.9 Å². The van der Waals surface area contributed by atoms with Gasteiger partial charge in [-0.15, -0.1) is 0 Å². The summed E-state index contributed by atoms with van der Waals surface area (Å²) in [7, 11) is 0. The van der Waals surface area contributed by atoms with Gasteiger partial charge in [-0.05, 0) is 31.2 Å².